The quantitative estimate of drug-likeness (QED) is 0.645. The Hall–Kier alpha value is -1.29. The molecule has 1 rings (SSSR count). The van der Waals surface area contributed by atoms with Gasteiger partial charge < -0.3 is 4.90 Å². The molecule has 0 heterocycles. The third-order valence-electron chi connectivity index (χ3n) is 2.40. The zero-order valence-electron chi connectivity index (χ0n) is 9.98. The Morgan fingerprint density at radius 1 is 1.59 bits per heavy atom. The van der Waals surface area contributed by atoms with E-state index >= 15 is 0 Å². The van der Waals surface area contributed by atoms with E-state index in [9.17, 15) is 9.18 Å². The first-order valence-electron chi connectivity index (χ1n) is 5.37. The van der Waals surface area contributed by atoms with Crippen molar-refractivity contribution in [2.75, 3.05) is 6.54 Å². The molecule has 0 spiro atoms. The lowest BCUT2D eigenvalue weighted by atomic mass is 10.1. The Labute approximate surface area is 107 Å². The molecule has 0 aliphatic rings. The maximum atomic E-state index is 13.1. The fraction of sp³-hybridized carbons (Fsp3) is 0.308. The second-order valence-corrected chi connectivity index (χ2v) is 4.49. The number of thiol groups is 1. The number of benzene rings is 1. The Morgan fingerprint density at radius 3 is 2.71 bits per heavy atom. The number of halogens is 1. The minimum atomic E-state index is -0.426. The smallest absolute Gasteiger partial charge is 0.254 e. The van der Waals surface area contributed by atoms with Gasteiger partial charge in [-0.3, -0.25) is 4.79 Å². The van der Waals surface area contributed by atoms with Crippen molar-refractivity contribution in [3.05, 3.63) is 42.2 Å². The molecule has 2 nitrogen and oxygen atoms in total. The van der Waals surface area contributed by atoms with Crippen LogP contribution in [0.25, 0.3) is 0 Å². The number of hydrogen-bond acceptors (Lipinski definition) is 2. The lowest BCUT2D eigenvalue weighted by Crippen LogP contribution is -2.37. The van der Waals surface area contributed by atoms with Gasteiger partial charge >= 0.3 is 0 Å². The van der Waals surface area contributed by atoms with Crippen molar-refractivity contribution >= 4 is 18.5 Å². The number of nitrogens with zero attached hydrogens (tertiary/aromatic N) is 1. The van der Waals surface area contributed by atoms with E-state index in [0.29, 0.717) is 12.1 Å². The Kier molecular flexibility index (Phi) is 4.75. The minimum absolute atomic E-state index is 0.0638. The molecule has 0 unspecified atom stereocenters. The van der Waals surface area contributed by atoms with Crippen LogP contribution in [0.1, 0.15) is 24.2 Å². The molecule has 17 heavy (non-hydrogen) atoms. The number of hydrogen-bond donors (Lipinski definition) is 1. The van der Waals surface area contributed by atoms with Crippen molar-refractivity contribution in [3.8, 4) is 0 Å². The van der Waals surface area contributed by atoms with Crippen LogP contribution < -0.4 is 0 Å². The zero-order valence-corrected chi connectivity index (χ0v) is 10.9. The standard InChI is InChI=1S/C13H16FNOS/c1-4-7-15(9(2)3)13(16)10-5-6-11(14)12(17)8-10/h4-6,8-9,17H,1,7H2,2-3H3. The monoisotopic (exact) mass is 253 g/mol. The van der Waals surface area contributed by atoms with Crippen LogP contribution in [0.3, 0.4) is 0 Å². The Morgan fingerprint density at radius 2 is 2.24 bits per heavy atom. The van der Waals surface area contributed by atoms with Gasteiger partial charge in [0.2, 0.25) is 0 Å². The summed E-state index contributed by atoms with van der Waals surface area (Å²) in [6.45, 7) is 7.94. The molecule has 0 aliphatic heterocycles. The van der Waals surface area contributed by atoms with Crippen molar-refractivity contribution in [2.45, 2.75) is 24.8 Å². The van der Waals surface area contributed by atoms with E-state index in [1.165, 1.54) is 18.2 Å². The predicted octanol–water partition coefficient (Wildman–Crippen LogP) is 3.15. The summed E-state index contributed by atoms with van der Waals surface area (Å²) < 4.78 is 13.1. The maximum absolute atomic E-state index is 13.1. The number of carbonyl (C=O) groups excluding carboxylic acids is 1. The molecule has 0 bridgehead atoms. The van der Waals surface area contributed by atoms with Gasteiger partial charge in [0.1, 0.15) is 5.82 Å². The molecule has 0 atom stereocenters. The first-order chi connectivity index (χ1) is 7.97. The van der Waals surface area contributed by atoms with Crippen molar-refractivity contribution in [1.29, 1.82) is 0 Å². The van der Waals surface area contributed by atoms with Gasteiger partial charge in [-0.2, -0.15) is 0 Å². The SMILES string of the molecule is C=CCN(C(=O)c1ccc(F)c(S)c1)C(C)C. The molecule has 1 aromatic carbocycles. The second-order valence-electron chi connectivity index (χ2n) is 4.01. The van der Waals surface area contributed by atoms with E-state index in [-0.39, 0.29) is 16.8 Å². The average molecular weight is 253 g/mol. The second kappa shape index (κ2) is 5.87. The van der Waals surface area contributed by atoms with Gasteiger partial charge in [-0.25, -0.2) is 4.39 Å². The van der Waals surface area contributed by atoms with Gasteiger partial charge in [-0.05, 0) is 32.0 Å². The molecule has 0 aromatic heterocycles. The fourth-order valence-corrected chi connectivity index (χ4v) is 1.69. The topological polar surface area (TPSA) is 20.3 Å². The summed E-state index contributed by atoms with van der Waals surface area (Å²) >= 11 is 3.97. The molecule has 1 aromatic rings. The molecule has 0 radical (unpaired) electrons. The third kappa shape index (κ3) is 3.33. The lowest BCUT2D eigenvalue weighted by molar-refractivity contribution is 0.0728. The van der Waals surface area contributed by atoms with E-state index in [4.69, 9.17) is 0 Å². The predicted molar refractivity (Wildman–Crippen MR) is 70.0 cm³/mol. The summed E-state index contributed by atoms with van der Waals surface area (Å²) in [7, 11) is 0. The largest absolute Gasteiger partial charge is 0.333 e. The highest BCUT2D eigenvalue weighted by Gasteiger charge is 2.18. The summed E-state index contributed by atoms with van der Waals surface area (Å²) in [5.41, 5.74) is 0.437. The van der Waals surface area contributed by atoms with Crippen LogP contribution in [-0.2, 0) is 0 Å². The molecule has 1 amide bonds. The van der Waals surface area contributed by atoms with E-state index in [1.807, 2.05) is 13.8 Å². The van der Waals surface area contributed by atoms with Crippen LogP contribution >= 0.6 is 12.6 Å². The highest BCUT2D eigenvalue weighted by molar-refractivity contribution is 7.80. The normalized spacial score (nSPS) is 10.4. The van der Waals surface area contributed by atoms with Gasteiger partial charge in [-0.15, -0.1) is 19.2 Å². The molecule has 0 N–H and O–H groups in total. The van der Waals surface area contributed by atoms with Crippen LogP contribution in [0.5, 0.6) is 0 Å². The zero-order chi connectivity index (χ0) is 13.0. The summed E-state index contributed by atoms with van der Waals surface area (Å²) in [5.74, 6) is -0.570. The van der Waals surface area contributed by atoms with E-state index in [0.717, 1.165) is 0 Å². The highest BCUT2D eigenvalue weighted by Crippen LogP contribution is 2.16. The van der Waals surface area contributed by atoms with Crippen molar-refractivity contribution in [2.24, 2.45) is 0 Å². The molecule has 0 saturated carbocycles. The lowest BCUT2D eigenvalue weighted by Gasteiger charge is -2.25. The van der Waals surface area contributed by atoms with Gasteiger partial charge in [-0.1, -0.05) is 6.08 Å². The summed E-state index contributed by atoms with van der Waals surface area (Å²) in [6, 6.07) is 4.23. The van der Waals surface area contributed by atoms with E-state index in [2.05, 4.69) is 19.2 Å². The molecule has 0 saturated heterocycles. The van der Waals surface area contributed by atoms with Gasteiger partial charge in [0.15, 0.2) is 0 Å². The number of amides is 1. The fourth-order valence-electron chi connectivity index (χ4n) is 1.48. The number of rotatable bonds is 4. The summed E-state index contributed by atoms with van der Waals surface area (Å²) in [4.78, 5) is 14.0. The summed E-state index contributed by atoms with van der Waals surface area (Å²) in [6.07, 6.45) is 1.67. The summed E-state index contributed by atoms with van der Waals surface area (Å²) in [5, 5.41) is 0. The van der Waals surface area contributed by atoms with Gasteiger partial charge in [0.25, 0.3) is 5.91 Å². The van der Waals surface area contributed by atoms with Crippen LogP contribution in [0.15, 0.2) is 35.7 Å². The van der Waals surface area contributed by atoms with Crippen molar-refractivity contribution in [1.82, 2.24) is 4.90 Å². The molecule has 0 fully saturated rings. The van der Waals surface area contributed by atoms with Crippen molar-refractivity contribution < 1.29 is 9.18 Å². The molecule has 4 heteroatoms. The minimum Gasteiger partial charge on any atom is -0.333 e. The Bertz CT molecular complexity index is 431. The van der Waals surface area contributed by atoms with Crippen LogP contribution in [0.4, 0.5) is 4.39 Å². The third-order valence-corrected chi connectivity index (χ3v) is 2.75. The number of carbonyl (C=O) groups is 1. The average Bonchev–Trinajstić information content (AvgIpc) is 2.28. The molecule has 92 valence electrons. The first-order valence-corrected chi connectivity index (χ1v) is 5.82. The van der Waals surface area contributed by atoms with Gasteiger partial charge in [0, 0.05) is 23.0 Å². The first kappa shape index (κ1) is 13.8. The van der Waals surface area contributed by atoms with Crippen LogP contribution in [0.2, 0.25) is 0 Å². The van der Waals surface area contributed by atoms with Gasteiger partial charge in [0.05, 0.1) is 0 Å². The molecular weight excluding hydrogens is 237 g/mol. The van der Waals surface area contributed by atoms with Crippen LogP contribution in [0, 0.1) is 5.82 Å². The van der Waals surface area contributed by atoms with E-state index in [1.54, 1.807) is 11.0 Å². The highest BCUT2D eigenvalue weighted by atomic mass is 32.1. The van der Waals surface area contributed by atoms with Crippen molar-refractivity contribution in [3.63, 3.8) is 0 Å². The Balaban J connectivity index is 3.00. The van der Waals surface area contributed by atoms with E-state index < -0.39 is 5.82 Å². The maximum Gasteiger partial charge on any atom is 0.254 e. The van der Waals surface area contributed by atoms with Crippen LogP contribution in [-0.4, -0.2) is 23.4 Å². The molecule has 0 aliphatic carbocycles. The molecular formula is C13H16FNOS.